The van der Waals surface area contributed by atoms with Crippen molar-refractivity contribution in [2.45, 2.75) is 0 Å². The summed E-state index contributed by atoms with van der Waals surface area (Å²) < 4.78 is 27.0. The van der Waals surface area contributed by atoms with E-state index >= 15 is 0 Å². The van der Waals surface area contributed by atoms with Gasteiger partial charge in [0.2, 0.25) is 0 Å². The smallest absolute Gasteiger partial charge is 1.00 e. The van der Waals surface area contributed by atoms with Crippen molar-refractivity contribution in [2.24, 2.45) is 0 Å². The summed E-state index contributed by atoms with van der Waals surface area (Å²) in [6, 6.07) is 8.37. The summed E-state index contributed by atoms with van der Waals surface area (Å²) in [5.74, 6) is 0.145. The Balaban J connectivity index is -0.000000563. The van der Waals surface area contributed by atoms with Crippen LogP contribution in [0.1, 0.15) is 2.85 Å². The molecule has 14 heavy (non-hydrogen) atoms. The molecule has 0 spiro atoms. The van der Waals surface area contributed by atoms with Gasteiger partial charge in [0.25, 0.3) is 0 Å². The van der Waals surface area contributed by atoms with Gasteiger partial charge in [0.15, 0.2) is 0 Å². The molecule has 3 nitrogen and oxygen atoms in total. The van der Waals surface area contributed by atoms with Gasteiger partial charge < -0.3 is 7.04 Å². The van der Waals surface area contributed by atoms with Crippen LogP contribution in [0.2, 0.25) is 0 Å². The second-order valence-electron chi connectivity index (χ2n) is 2.41. The van der Waals surface area contributed by atoms with Crippen LogP contribution in [0.3, 0.4) is 0 Å². The molecule has 0 fully saturated rings. The van der Waals surface area contributed by atoms with Crippen molar-refractivity contribution < 1.29 is 15.5 Å². The Labute approximate surface area is 103 Å². The minimum Gasteiger partial charge on any atom is -1.00 e. The largest absolute Gasteiger partial charge is 2.00 e. The Bertz CT molecular complexity index is 381. The van der Waals surface area contributed by atoms with Crippen molar-refractivity contribution in [3.05, 3.63) is 43.0 Å². The molecule has 0 radical (unpaired) electrons. The van der Waals surface area contributed by atoms with E-state index in [1.54, 1.807) is 30.3 Å². The van der Waals surface area contributed by atoms with Crippen molar-refractivity contribution >= 4 is 33.2 Å². The van der Waals surface area contributed by atoms with E-state index in [9.17, 15) is 8.42 Å². The Kier molecular flexibility index (Phi) is 5.83. The molecule has 0 saturated heterocycles. The van der Waals surface area contributed by atoms with Crippen LogP contribution in [0.25, 0.3) is 0 Å². The molecule has 74 valence electrons. The van der Waals surface area contributed by atoms with Gasteiger partial charge in [0, 0.05) is 0 Å². The third-order valence-corrected chi connectivity index (χ3v) is 2.38. The van der Waals surface area contributed by atoms with Crippen LogP contribution in [0.4, 0.5) is 0 Å². The Morgan fingerprint density at radius 2 is 1.93 bits per heavy atom. The van der Waals surface area contributed by atoms with E-state index in [0.29, 0.717) is 5.75 Å². The van der Waals surface area contributed by atoms with Crippen LogP contribution < -0.4 is 4.18 Å². The predicted octanol–water partition coefficient (Wildman–Crippen LogP) is 1.43. The molecule has 1 aromatic carbocycles. The summed E-state index contributed by atoms with van der Waals surface area (Å²) in [7, 11) is -3.50. The van der Waals surface area contributed by atoms with Gasteiger partial charge in [-0.25, -0.2) is 0 Å². The van der Waals surface area contributed by atoms with Gasteiger partial charge in [-0.3, -0.25) is 0 Å². The first kappa shape index (κ1) is 13.5. The Hall–Kier alpha value is -0.524. The minimum atomic E-state index is -3.50. The zero-order valence-corrected chi connectivity index (χ0v) is 9.95. The molecular weight excluding hydrogens is 212 g/mol. The van der Waals surface area contributed by atoms with E-state index in [-0.39, 0.29) is 31.7 Å². The molecule has 0 aliphatic heterocycles. The van der Waals surface area contributed by atoms with Gasteiger partial charge in [-0.15, -0.1) is 6.58 Å². The molecule has 1 rings (SSSR count). The fourth-order valence-corrected chi connectivity index (χ4v) is 1.56. The van der Waals surface area contributed by atoms with Crippen LogP contribution in [-0.2, 0) is 10.1 Å². The third kappa shape index (κ3) is 4.64. The van der Waals surface area contributed by atoms with Crippen molar-refractivity contribution in [1.29, 1.82) is 0 Å². The van der Waals surface area contributed by atoms with Gasteiger partial charge in [-0.05, 0) is 12.1 Å². The molecule has 0 saturated carbocycles. The Morgan fingerprint density at radius 1 is 1.36 bits per heavy atom. The fourth-order valence-electron chi connectivity index (χ4n) is 0.801. The van der Waals surface area contributed by atoms with Gasteiger partial charge in [-0.1, -0.05) is 24.3 Å². The number of hydrogen-bond donors (Lipinski definition) is 0. The number of para-hydroxylation sites is 1. The average molecular weight is 225 g/mol. The summed E-state index contributed by atoms with van der Waals surface area (Å²) in [6.07, 6.45) is 1.29. The molecule has 0 atom stereocenters. The first-order valence-corrected chi connectivity index (χ1v) is 5.30. The third-order valence-electron chi connectivity index (χ3n) is 1.29. The van der Waals surface area contributed by atoms with Gasteiger partial charge >= 0.3 is 33.2 Å². The first-order chi connectivity index (χ1) is 6.14. The number of rotatable bonds is 4. The van der Waals surface area contributed by atoms with E-state index in [0.717, 1.165) is 0 Å². The van der Waals surface area contributed by atoms with Gasteiger partial charge in [0.05, 0.1) is 0 Å². The van der Waals surface area contributed by atoms with Gasteiger partial charge in [0.1, 0.15) is 11.5 Å². The van der Waals surface area contributed by atoms with Gasteiger partial charge in [-0.2, -0.15) is 8.42 Å². The average Bonchev–Trinajstić information content (AvgIpc) is 2.04. The van der Waals surface area contributed by atoms with Crippen LogP contribution in [-0.4, -0.2) is 37.2 Å². The molecule has 0 aliphatic rings. The molecule has 0 aromatic heterocycles. The molecule has 0 bridgehead atoms. The molecule has 0 aliphatic carbocycles. The maximum Gasteiger partial charge on any atom is 2.00 e. The summed E-state index contributed by atoms with van der Waals surface area (Å²) in [5.41, 5.74) is 0. The van der Waals surface area contributed by atoms with E-state index in [4.69, 9.17) is 4.18 Å². The normalized spacial score (nSPS) is 10.0. The molecule has 1 aromatic rings. The van der Waals surface area contributed by atoms with E-state index in [2.05, 4.69) is 6.58 Å². The molecular formula is C9H12MgO3S. The summed E-state index contributed by atoms with van der Waals surface area (Å²) in [4.78, 5) is 0. The maximum absolute atomic E-state index is 11.1. The van der Waals surface area contributed by atoms with E-state index in [1.165, 1.54) is 6.08 Å². The quantitative estimate of drug-likeness (QED) is 0.441. The molecule has 0 N–H and O–H groups in total. The van der Waals surface area contributed by atoms with Crippen molar-refractivity contribution in [2.75, 3.05) is 5.75 Å². The summed E-state index contributed by atoms with van der Waals surface area (Å²) in [5, 5.41) is 0. The zero-order valence-electron chi connectivity index (χ0n) is 9.72. The SMILES string of the molecule is C=CCS(=O)(=O)Oc1ccccc1.[H-].[H-].[Mg+2]. The topological polar surface area (TPSA) is 43.4 Å². The standard InChI is InChI=1S/C9H10O3S.Mg.2H/c1-2-8-13(10,11)12-9-6-4-3-5-7-9;;;/h2-7H,1,8H2;;;/q;+2;2*-1. The predicted molar refractivity (Wildman–Crippen MR) is 59.0 cm³/mol. The fraction of sp³-hybridized carbons (Fsp3) is 0.111. The first-order valence-electron chi connectivity index (χ1n) is 3.72. The van der Waals surface area contributed by atoms with Crippen LogP contribution in [0.15, 0.2) is 43.0 Å². The molecule has 0 heterocycles. The monoisotopic (exact) mass is 224 g/mol. The van der Waals surface area contributed by atoms with Crippen molar-refractivity contribution in [3.8, 4) is 5.75 Å². The summed E-state index contributed by atoms with van der Waals surface area (Å²) in [6.45, 7) is 3.33. The second kappa shape index (κ2) is 6.05. The Morgan fingerprint density at radius 3 is 2.43 bits per heavy atom. The maximum atomic E-state index is 11.1. The summed E-state index contributed by atoms with van der Waals surface area (Å²) >= 11 is 0. The molecule has 0 unspecified atom stereocenters. The number of hydrogen-bond acceptors (Lipinski definition) is 3. The molecule has 5 heteroatoms. The number of benzene rings is 1. The zero-order chi connectivity index (χ0) is 9.73. The molecule has 0 amide bonds. The van der Waals surface area contributed by atoms with E-state index < -0.39 is 10.1 Å². The minimum absolute atomic E-state index is 0. The van der Waals surface area contributed by atoms with Crippen molar-refractivity contribution in [1.82, 2.24) is 0 Å². The van der Waals surface area contributed by atoms with Crippen LogP contribution >= 0.6 is 0 Å². The van der Waals surface area contributed by atoms with Crippen LogP contribution in [0, 0.1) is 0 Å². The second-order valence-corrected chi connectivity index (χ2v) is 4.02. The van der Waals surface area contributed by atoms with Crippen LogP contribution in [0.5, 0.6) is 5.75 Å². The van der Waals surface area contributed by atoms with Crippen molar-refractivity contribution in [3.63, 3.8) is 0 Å². The van der Waals surface area contributed by atoms with E-state index in [1.807, 2.05) is 0 Å².